The summed E-state index contributed by atoms with van der Waals surface area (Å²) >= 11 is 0. The van der Waals surface area contributed by atoms with E-state index in [0.717, 1.165) is 19.8 Å². The number of alkyl halides is 3. The Morgan fingerprint density at radius 3 is 2.54 bits per heavy atom. The molecule has 9 heteroatoms. The van der Waals surface area contributed by atoms with Crippen LogP contribution in [-0.2, 0) is 4.74 Å². The van der Waals surface area contributed by atoms with E-state index in [4.69, 9.17) is 4.74 Å². The van der Waals surface area contributed by atoms with E-state index in [-0.39, 0.29) is 11.9 Å². The number of aromatic nitrogens is 3. The third kappa shape index (κ3) is 4.61. The molecule has 1 heterocycles. The van der Waals surface area contributed by atoms with Crippen molar-refractivity contribution in [2.24, 2.45) is 0 Å². The van der Waals surface area contributed by atoms with Crippen molar-refractivity contribution in [1.82, 2.24) is 15.0 Å². The molecule has 0 bridgehead atoms. The number of allylic oxidation sites excluding steroid dienone is 1. The quantitative estimate of drug-likeness (QED) is 0.772. The molecule has 0 saturated carbocycles. The number of halogens is 3. The summed E-state index contributed by atoms with van der Waals surface area (Å²) in [5, 5.41) is 5.18. The average molecular weight is 343 g/mol. The smallest absolute Gasteiger partial charge is 0.408 e. The number of nitrogens with zero attached hydrogens (tertiary/aromatic N) is 3. The van der Waals surface area contributed by atoms with Crippen LogP contribution in [0.3, 0.4) is 0 Å². The number of hydrogen-bond acceptors (Lipinski definition) is 6. The van der Waals surface area contributed by atoms with Crippen LogP contribution in [0.4, 0.5) is 25.1 Å². The van der Waals surface area contributed by atoms with Crippen LogP contribution < -0.4 is 10.6 Å². The summed E-state index contributed by atoms with van der Waals surface area (Å²) in [7, 11) is 1.56. The molecule has 0 spiro atoms. The first-order chi connectivity index (χ1) is 11.3. The highest BCUT2D eigenvalue weighted by Crippen LogP contribution is 2.26. The Hall–Kier alpha value is -2.28. The highest BCUT2D eigenvalue weighted by Gasteiger charge is 2.36. The lowest BCUT2D eigenvalue weighted by molar-refractivity contribution is -0.138. The van der Waals surface area contributed by atoms with Crippen molar-refractivity contribution in [3.63, 3.8) is 0 Å². The van der Waals surface area contributed by atoms with Crippen molar-refractivity contribution >= 4 is 17.5 Å². The summed E-state index contributed by atoms with van der Waals surface area (Å²) in [6, 6.07) is -1.77. The summed E-state index contributed by atoms with van der Waals surface area (Å²) in [5.74, 6) is 1.07. The van der Waals surface area contributed by atoms with Gasteiger partial charge in [-0.2, -0.15) is 28.1 Å². The van der Waals surface area contributed by atoms with Crippen molar-refractivity contribution in [2.45, 2.75) is 45.3 Å². The minimum Gasteiger partial charge on any atom is -0.493 e. The van der Waals surface area contributed by atoms with E-state index in [1.54, 1.807) is 7.11 Å². The molecule has 132 valence electrons. The number of anilines is 2. The number of methoxy groups -OCH3 is 1. The first-order valence-electron chi connectivity index (χ1n) is 7.69. The lowest BCUT2D eigenvalue weighted by atomic mass is 10.0. The van der Waals surface area contributed by atoms with E-state index in [2.05, 4.69) is 31.3 Å². The Morgan fingerprint density at radius 2 is 1.92 bits per heavy atom. The maximum absolute atomic E-state index is 12.7. The summed E-state index contributed by atoms with van der Waals surface area (Å²) in [6.45, 7) is 3.40. The predicted molar refractivity (Wildman–Crippen MR) is 84.4 cm³/mol. The van der Waals surface area contributed by atoms with E-state index >= 15 is 0 Å². The highest BCUT2D eigenvalue weighted by molar-refractivity contribution is 5.62. The van der Waals surface area contributed by atoms with Gasteiger partial charge < -0.3 is 15.4 Å². The molecule has 24 heavy (non-hydrogen) atoms. The van der Waals surface area contributed by atoms with Gasteiger partial charge in [-0.05, 0) is 26.7 Å². The normalized spacial score (nSPS) is 16.1. The van der Waals surface area contributed by atoms with Crippen molar-refractivity contribution in [3.8, 4) is 0 Å². The van der Waals surface area contributed by atoms with Crippen LogP contribution in [0.15, 0.2) is 11.5 Å². The number of nitrogens with one attached hydrogen (secondary N) is 2. The van der Waals surface area contributed by atoms with Crippen molar-refractivity contribution < 1.29 is 17.9 Å². The van der Waals surface area contributed by atoms with Crippen LogP contribution in [0.5, 0.6) is 0 Å². The van der Waals surface area contributed by atoms with Crippen molar-refractivity contribution in [3.05, 3.63) is 17.3 Å². The minimum atomic E-state index is -4.39. The Morgan fingerprint density at radius 1 is 1.21 bits per heavy atom. The van der Waals surface area contributed by atoms with Gasteiger partial charge in [0.15, 0.2) is 5.82 Å². The van der Waals surface area contributed by atoms with Gasteiger partial charge in [0.2, 0.25) is 11.9 Å². The molecule has 0 fully saturated rings. The summed E-state index contributed by atoms with van der Waals surface area (Å²) in [6.07, 6.45) is -2.11. The molecule has 0 aromatic carbocycles. The molecule has 1 atom stereocenters. The van der Waals surface area contributed by atoms with Gasteiger partial charge in [0.05, 0.1) is 7.11 Å². The van der Waals surface area contributed by atoms with Crippen LogP contribution in [0.1, 0.15) is 38.9 Å². The molecule has 0 amide bonds. The third-order valence-corrected chi connectivity index (χ3v) is 3.44. The fraction of sp³-hybridized carbons (Fsp3) is 0.600. The lowest BCUT2D eigenvalue weighted by Crippen LogP contribution is -2.34. The second-order valence-corrected chi connectivity index (χ2v) is 5.33. The molecule has 0 aliphatic heterocycles. The minimum absolute atomic E-state index is 0.125. The summed E-state index contributed by atoms with van der Waals surface area (Å²) in [5.41, 5.74) is 3.78. The average Bonchev–Trinajstić information content (AvgIpc) is 2.54. The molecule has 0 radical (unpaired) electrons. The fourth-order valence-electron chi connectivity index (χ4n) is 2.13. The van der Waals surface area contributed by atoms with E-state index < -0.39 is 12.2 Å². The topological polar surface area (TPSA) is 72.0 Å². The maximum Gasteiger partial charge on any atom is 0.408 e. The number of hydrogen-bond donors (Lipinski definition) is 2. The molecule has 1 aromatic heterocycles. The largest absolute Gasteiger partial charge is 0.493 e. The first-order valence-corrected chi connectivity index (χ1v) is 7.69. The Bertz CT molecular complexity index is 653. The first kappa shape index (κ1) is 18.1. The van der Waals surface area contributed by atoms with Gasteiger partial charge in [0, 0.05) is 18.5 Å². The second-order valence-electron chi connectivity index (χ2n) is 5.33. The Kier molecular flexibility index (Phi) is 5.66. The van der Waals surface area contributed by atoms with Crippen LogP contribution in [0.2, 0.25) is 0 Å². The van der Waals surface area contributed by atoms with E-state index in [0.29, 0.717) is 30.1 Å². The Balaban J connectivity index is 2.40. The summed E-state index contributed by atoms with van der Waals surface area (Å²) < 4.78 is 43.4. The Labute approximate surface area is 138 Å². The van der Waals surface area contributed by atoms with Crippen molar-refractivity contribution in [1.29, 1.82) is 0 Å². The SMILES string of the molecule is CCNc1nc(NC(C)C(F)(F)F)nc(C2=C=C(OC)CCC2)n1. The van der Waals surface area contributed by atoms with Gasteiger partial charge in [-0.1, -0.05) is 5.73 Å². The van der Waals surface area contributed by atoms with Gasteiger partial charge >= 0.3 is 6.18 Å². The van der Waals surface area contributed by atoms with E-state index in [1.807, 2.05) is 6.92 Å². The number of rotatable bonds is 6. The van der Waals surface area contributed by atoms with Crippen LogP contribution in [-0.4, -0.2) is 40.8 Å². The molecule has 2 rings (SSSR count). The lowest BCUT2D eigenvalue weighted by Gasteiger charge is -2.18. The highest BCUT2D eigenvalue weighted by atomic mass is 19.4. The molecule has 6 nitrogen and oxygen atoms in total. The zero-order chi connectivity index (χ0) is 17.7. The van der Waals surface area contributed by atoms with E-state index in [1.165, 1.54) is 0 Å². The monoisotopic (exact) mass is 343 g/mol. The van der Waals surface area contributed by atoms with Crippen LogP contribution in [0.25, 0.3) is 5.57 Å². The van der Waals surface area contributed by atoms with Crippen molar-refractivity contribution in [2.75, 3.05) is 24.3 Å². The van der Waals surface area contributed by atoms with Gasteiger partial charge in [0.1, 0.15) is 11.8 Å². The third-order valence-electron chi connectivity index (χ3n) is 3.44. The van der Waals surface area contributed by atoms with Crippen LogP contribution >= 0.6 is 0 Å². The van der Waals surface area contributed by atoms with Gasteiger partial charge in [-0.15, -0.1) is 0 Å². The fourth-order valence-corrected chi connectivity index (χ4v) is 2.13. The van der Waals surface area contributed by atoms with Crippen LogP contribution in [0, 0.1) is 0 Å². The van der Waals surface area contributed by atoms with Gasteiger partial charge in [0.25, 0.3) is 0 Å². The predicted octanol–water partition coefficient (Wildman–Crippen LogP) is 3.36. The molecular weight excluding hydrogens is 323 g/mol. The molecule has 1 unspecified atom stereocenters. The zero-order valence-corrected chi connectivity index (χ0v) is 13.8. The molecule has 1 aromatic rings. The van der Waals surface area contributed by atoms with E-state index in [9.17, 15) is 13.2 Å². The van der Waals surface area contributed by atoms with Gasteiger partial charge in [-0.3, -0.25) is 0 Å². The number of ether oxygens (including phenoxy) is 1. The second kappa shape index (κ2) is 7.53. The zero-order valence-electron chi connectivity index (χ0n) is 13.8. The summed E-state index contributed by atoms with van der Waals surface area (Å²) in [4.78, 5) is 12.4. The standard InChI is InChI=1S/C15H20F3N5O/c1-4-19-13-21-12(10-6-5-7-11(8-10)24-3)22-14(23-13)20-9(2)15(16,17)18/h9H,4-7H2,1-3H3,(H2,19,20,21,22,23). The molecule has 1 aliphatic rings. The molecule has 0 saturated heterocycles. The molecular formula is C15H20F3N5O. The molecule has 1 aliphatic carbocycles. The van der Waals surface area contributed by atoms with Gasteiger partial charge in [-0.25, -0.2) is 0 Å². The molecule has 2 N–H and O–H groups in total. The maximum atomic E-state index is 12.7.